The average Bonchev–Trinajstić information content (AvgIpc) is 3.29. The Morgan fingerprint density at radius 1 is 0.914 bits per heavy atom. The molecule has 0 aliphatic carbocycles. The van der Waals surface area contributed by atoms with Crippen molar-refractivity contribution in [2.45, 2.75) is 25.2 Å². The molecule has 182 valence electrons. The van der Waals surface area contributed by atoms with Gasteiger partial charge in [0.2, 0.25) is 0 Å². The Morgan fingerprint density at radius 3 is 2.40 bits per heavy atom. The van der Waals surface area contributed by atoms with E-state index < -0.39 is 0 Å². The van der Waals surface area contributed by atoms with E-state index in [0.29, 0.717) is 23.7 Å². The van der Waals surface area contributed by atoms with Gasteiger partial charge in [-0.3, -0.25) is 4.79 Å². The molecule has 3 aromatic rings. The van der Waals surface area contributed by atoms with Crippen molar-refractivity contribution in [3.63, 3.8) is 0 Å². The van der Waals surface area contributed by atoms with Crippen molar-refractivity contribution in [2.75, 3.05) is 32.7 Å². The van der Waals surface area contributed by atoms with Crippen LogP contribution in [-0.2, 0) is 6.42 Å². The van der Waals surface area contributed by atoms with Crippen LogP contribution in [0.15, 0.2) is 78.9 Å². The topological polar surface area (TPSA) is 23.6 Å². The van der Waals surface area contributed by atoms with Gasteiger partial charge in [-0.15, -0.1) is 0 Å². The van der Waals surface area contributed by atoms with Crippen molar-refractivity contribution >= 4 is 17.5 Å². The predicted molar refractivity (Wildman–Crippen MR) is 139 cm³/mol. The first kappa shape index (κ1) is 24.0. The third kappa shape index (κ3) is 5.76. The summed E-state index contributed by atoms with van der Waals surface area (Å²) in [4.78, 5) is 17.8. The summed E-state index contributed by atoms with van der Waals surface area (Å²) in [6.45, 7) is 4.31. The largest absolute Gasteiger partial charge is 0.338 e. The number of benzene rings is 3. The zero-order chi connectivity index (χ0) is 24.2. The third-order valence-electron chi connectivity index (χ3n) is 7.68. The van der Waals surface area contributed by atoms with Crippen LogP contribution >= 0.6 is 11.6 Å². The van der Waals surface area contributed by atoms with Crippen LogP contribution in [0.4, 0.5) is 4.39 Å². The summed E-state index contributed by atoms with van der Waals surface area (Å²) < 4.78 is 14.1. The number of hydrogen-bond donors (Lipinski definition) is 0. The lowest BCUT2D eigenvalue weighted by molar-refractivity contribution is 0.0780. The Kier molecular flexibility index (Phi) is 7.50. The molecule has 5 heteroatoms. The van der Waals surface area contributed by atoms with Crippen LogP contribution in [0.25, 0.3) is 0 Å². The van der Waals surface area contributed by atoms with Gasteiger partial charge in [0.25, 0.3) is 5.91 Å². The molecule has 0 N–H and O–H groups in total. The van der Waals surface area contributed by atoms with Gasteiger partial charge in [-0.1, -0.05) is 66.2 Å². The second kappa shape index (κ2) is 10.9. The molecule has 2 aliphatic heterocycles. The number of carbonyl (C=O) groups excluding carboxylic acids is 1. The van der Waals surface area contributed by atoms with Crippen molar-refractivity contribution < 1.29 is 9.18 Å². The summed E-state index contributed by atoms with van der Waals surface area (Å²) in [6, 6.07) is 24.9. The molecular weight excluding hydrogens is 459 g/mol. The molecule has 35 heavy (non-hydrogen) atoms. The number of likely N-dealkylation sites (tertiary alicyclic amines) is 2. The molecule has 0 spiro atoms. The van der Waals surface area contributed by atoms with Gasteiger partial charge in [-0.25, -0.2) is 4.39 Å². The van der Waals surface area contributed by atoms with Crippen LogP contribution in [0.3, 0.4) is 0 Å². The fourth-order valence-corrected chi connectivity index (χ4v) is 6.01. The van der Waals surface area contributed by atoms with Crippen molar-refractivity contribution in [3.05, 3.63) is 106 Å². The first-order valence-electron chi connectivity index (χ1n) is 12.6. The fraction of sp³-hybridized carbons (Fsp3) is 0.367. The van der Waals surface area contributed by atoms with E-state index in [0.717, 1.165) is 37.5 Å². The maximum atomic E-state index is 14.1. The van der Waals surface area contributed by atoms with Gasteiger partial charge < -0.3 is 9.80 Å². The van der Waals surface area contributed by atoms with Gasteiger partial charge in [-0.2, -0.15) is 0 Å². The zero-order valence-electron chi connectivity index (χ0n) is 20.0. The number of nitrogens with zero attached hydrogens (tertiary/aromatic N) is 2. The standard InChI is InChI=1S/C30H32ClFN2O/c31-29-12-5-4-11-27(29)30(35)34-20-25(28(21-34)24-9-6-10-26(32)18-24)19-33-15-13-23(14-16-33)17-22-7-2-1-3-8-22/h1-12,18,23,25,28H,13-17,19-21H2. The quantitative estimate of drug-likeness (QED) is 0.405. The zero-order valence-corrected chi connectivity index (χ0v) is 20.7. The van der Waals surface area contributed by atoms with Gasteiger partial charge >= 0.3 is 0 Å². The lowest BCUT2D eigenvalue weighted by Gasteiger charge is -2.34. The monoisotopic (exact) mass is 490 g/mol. The highest BCUT2D eigenvalue weighted by Crippen LogP contribution is 2.36. The van der Waals surface area contributed by atoms with Crippen LogP contribution in [-0.4, -0.2) is 48.4 Å². The highest BCUT2D eigenvalue weighted by molar-refractivity contribution is 6.33. The summed E-state index contributed by atoms with van der Waals surface area (Å²) in [5, 5.41) is 0.476. The Bertz CT molecular complexity index is 1150. The maximum absolute atomic E-state index is 14.1. The SMILES string of the molecule is O=C(c1ccccc1Cl)N1CC(CN2CCC(Cc3ccccc3)CC2)C(c2cccc(F)c2)C1. The number of carbonyl (C=O) groups is 1. The minimum atomic E-state index is -0.223. The van der Waals surface area contributed by atoms with Crippen LogP contribution in [0.1, 0.15) is 40.2 Å². The van der Waals surface area contributed by atoms with Gasteiger partial charge in [0, 0.05) is 25.6 Å². The Hall–Kier alpha value is -2.69. The lowest BCUT2D eigenvalue weighted by atomic mass is 9.86. The van der Waals surface area contributed by atoms with E-state index in [2.05, 4.69) is 35.2 Å². The number of piperidine rings is 1. The molecule has 0 bridgehead atoms. The Labute approximate surface area is 212 Å². The molecule has 0 radical (unpaired) electrons. The second-order valence-corrected chi connectivity index (χ2v) is 10.5. The summed E-state index contributed by atoms with van der Waals surface area (Å²) >= 11 is 6.33. The van der Waals surface area contributed by atoms with Crippen LogP contribution in [0.5, 0.6) is 0 Å². The van der Waals surface area contributed by atoms with Crippen LogP contribution in [0, 0.1) is 17.7 Å². The highest BCUT2D eigenvalue weighted by atomic mass is 35.5. The third-order valence-corrected chi connectivity index (χ3v) is 8.01. The fourth-order valence-electron chi connectivity index (χ4n) is 5.79. The van der Waals surface area contributed by atoms with E-state index in [-0.39, 0.29) is 23.6 Å². The summed E-state index contributed by atoms with van der Waals surface area (Å²) in [5.74, 6) is 0.822. The molecule has 2 heterocycles. The smallest absolute Gasteiger partial charge is 0.255 e. The number of halogens is 2. The van der Waals surface area contributed by atoms with E-state index in [4.69, 9.17) is 11.6 Å². The average molecular weight is 491 g/mol. The van der Waals surface area contributed by atoms with E-state index in [1.54, 1.807) is 24.3 Å². The van der Waals surface area contributed by atoms with E-state index >= 15 is 0 Å². The van der Waals surface area contributed by atoms with E-state index in [1.807, 2.05) is 23.1 Å². The normalized spacial score (nSPS) is 21.4. The molecule has 0 aromatic heterocycles. The molecular formula is C30H32ClFN2O. The molecule has 2 unspecified atom stereocenters. The van der Waals surface area contributed by atoms with Crippen molar-refractivity contribution in [1.29, 1.82) is 0 Å². The maximum Gasteiger partial charge on any atom is 0.255 e. The molecule has 2 fully saturated rings. The molecule has 2 saturated heterocycles. The highest BCUT2D eigenvalue weighted by Gasteiger charge is 2.38. The first-order chi connectivity index (χ1) is 17.1. The second-order valence-electron chi connectivity index (χ2n) is 10.0. The predicted octanol–water partition coefficient (Wildman–Crippen LogP) is 6.29. The Balaban J connectivity index is 1.27. The van der Waals surface area contributed by atoms with Crippen LogP contribution < -0.4 is 0 Å². The van der Waals surface area contributed by atoms with E-state index in [9.17, 15) is 9.18 Å². The minimum Gasteiger partial charge on any atom is -0.338 e. The van der Waals surface area contributed by atoms with Crippen molar-refractivity contribution in [2.24, 2.45) is 11.8 Å². The van der Waals surface area contributed by atoms with Gasteiger partial charge in [0.1, 0.15) is 5.82 Å². The lowest BCUT2D eigenvalue weighted by Crippen LogP contribution is -2.39. The number of hydrogen-bond acceptors (Lipinski definition) is 2. The molecule has 1 amide bonds. The molecule has 2 aliphatic rings. The molecule has 0 saturated carbocycles. The van der Waals surface area contributed by atoms with E-state index in [1.165, 1.54) is 24.5 Å². The minimum absolute atomic E-state index is 0.0407. The summed E-state index contributed by atoms with van der Waals surface area (Å²) in [5.41, 5.74) is 2.93. The molecule has 3 nitrogen and oxygen atoms in total. The van der Waals surface area contributed by atoms with Gasteiger partial charge in [0.05, 0.1) is 10.6 Å². The number of rotatable bonds is 6. The molecule has 3 aromatic carbocycles. The summed E-state index contributed by atoms with van der Waals surface area (Å²) in [7, 11) is 0. The van der Waals surface area contributed by atoms with Gasteiger partial charge in [-0.05, 0) is 79.6 Å². The van der Waals surface area contributed by atoms with Gasteiger partial charge in [0.15, 0.2) is 0 Å². The summed E-state index contributed by atoms with van der Waals surface area (Å²) in [6.07, 6.45) is 3.52. The first-order valence-corrected chi connectivity index (χ1v) is 13.0. The Morgan fingerprint density at radius 2 is 1.66 bits per heavy atom. The van der Waals surface area contributed by atoms with Crippen molar-refractivity contribution in [3.8, 4) is 0 Å². The van der Waals surface area contributed by atoms with Crippen molar-refractivity contribution in [1.82, 2.24) is 9.80 Å². The molecule has 2 atom stereocenters. The van der Waals surface area contributed by atoms with Crippen LogP contribution in [0.2, 0.25) is 5.02 Å². The molecule has 5 rings (SSSR count). The number of amides is 1.